The molecular weight excluding hydrogens is 520 g/mol. The van der Waals surface area contributed by atoms with Crippen LogP contribution in [-0.2, 0) is 46.2 Å². The molecule has 0 bridgehead atoms. The van der Waals surface area contributed by atoms with E-state index in [0.29, 0.717) is 19.3 Å². The molecule has 0 aromatic heterocycles. The second-order valence-corrected chi connectivity index (χ2v) is 9.46. The predicted octanol–water partition coefficient (Wildman–Crippen LogP) is 4.75. The smallest absolute Gasteiger partial charge is 0.302 e. The zero-order valence-corrected chi connectivity index (χ0v) is 23.9. The molecule has 10 nitrogen and oxygen atoms in total. The quantitative estimate of drug-likeness (QED) is 0.404. The van der Waals surface area contributed by atoms with Crippen LogP contribution in [0.3, 0.4) is 0 Å². The van der Waals surface area contributed by atoms with Crippen molar-refractivity contribution in [2.24, 2.45) is 0 Å². The largest absolute Gasteiger partial charge is 0.508 e. The summed E-state index contributed by atoms with van der Waals surface area (Å²) in [5.74, 6) is -2.20. The Balaban J connectivity index is 0.000000883. The van der Waals surface area contributed by atoms with Gasteiger partial charge < -0.3 is 29.5 Å². The van der Waals surface area contributed by atoms with Crippen LogP contribution in [0.15, 0.2) is 36.4 Å². The van der Waals surface area contributed by atoms with E-state index in [1.807, 2.05) is 13.0 Å². The molecule has 1 aliphatic rings. The number of carboxylic acids is 2. The van der Waals surface area contributed by atoms with Gasteiger partial charge in [-0.05, 0) is 53.6 Å². The van der Waals surface area contributed by atoms with Crippen molar-refractivity contribution in [3.63, 3.8) is 0 Å². The minimum Gasteiger partial charge on any atom is -0.508 e. The Hall–Kier alpha value is -3.92. The van der Waals surface area contributed by atoms with Crippen LogP contribution >= 0.6 is 0 Å². The number of carbonyl (C=O) groups excluding carboxylic acids is 2. The van der Waals surface area contributed by atoms with Crippen LogP contribution in [-0.4, -0.2) is 58.0 Å². The van der Waals surface area contributed by atoms with Crippen molar-refractivity contribution in [2.75, 3.05) is 6.61 Å². The summed E-state index contributed by atoms with van der Waals surface area (Å²) in [6, 6.07) is 12.2. The van der Waals surface area contributed by atoms with Gasteiger partial charge in [0.2, 0.25) is 0 Å². The van der Waals surface area contributed by atoms with Gasteiger partial charge in [0.15, 0.2) is 0 Å². The molecule has 3 N–H and O–H groups in total. The number of carboxylic acid groups (broad SMARTS) is 2. The first-order valence-electron chi connectivity index (χ1n) is 13.0. The Morgan fingerprint density at radius 1 is 0.900 bits per heavy atom. The lowest BCUT2D eigenvalue weighted by Crippen LogP contribution is -2.36. The van der Waals surface area contributed by atoms with Crippen molar-refractivity contribution in [2.45, 2.75) is 85.5 Å². The van der Waals surface area contributed by atoms with E-state index >= 15 is 0 Å². The van der Waals surface area contributed by atoms with Crippen LogP contribution in [0.4, 0.5) is 0 Å². The summed E-state index contributed by atoms with van der Waals surface area (Å²) >= 11 is 0. The minimum absolute atomic E-state index is 0.0953. The highest BCUT2D eigenvalue weighted by Crippen LogP contribution is 2.37. The van der Waals surface area contributed by atoms with Gasteiger partial charge in [0, 0.05) is 40.5 Å². The van der Waals surface area contributed by atoms with E-state index in [-0.39, 0.29) is 36.5 Å². The molecule has 0 aliphatic carbocycles. The third kappa shape index (κ3) is 13.2. The fourth-order valence-corrected chi connectivity index (χ4v) is 4.10. The van der Waals surface area contributed by atoms with E-state index in [2.05, 4.69) is 31.2 Å². The Morgan fingerprint density at radius 2 is 1.45 bits per heavy atom. The molecule has 1 fully saturated rings. The molecule has 10 heteroatoms. The van der Waals surface area contributed by atoms with Crippen LogP contribution in [0.1, 0.15) is 81.4 Å². The number of hydrogen-bond donors (Lipinski definition) is 3. The third-order valence-corrected chi connectivity index (χ3v) is 5.87. The number of ether oxygens (including phenoxy) is 3. The lowest BCUT2D eigenvalue weighted by Gasteiger charge is -2.35. The molecule has 3 atom stereocenters. The van der Waals surface area contributed by atoms with Gasteiger partial charge in [-0.3, -0.25) is 19.2 Å². The molecule has 0 radical (unpaired) electrons. The van der Waals surface area contributed by atoms with Gasteiger partial charge in [-0.1, -0.05) is 37.3 Å². The van der Waals surface area contributed by atoms with Gasteiger partial charge in [-0.25, -0.2) is 0 Å². The van der Waals surface area contributed by atoms with E-state index in [1.54, 1.807) is 6.07 Å². The van der Waals surface area contributed by atoms with Crippen LogP contribution in [0.25, 0.3) is 0 Å². The number of aliphatic carboxylic acids is 2. The van der Waals surface area contributed by atoms with Gasteiger partial charge >= 0.3 is 11.9 Å². The highest BCUT2D eigenvalue weighted by Gasteiger charge is 2.33. The van der Waals surface area contributed by atoms with Crippen molar-refractivity contribution in [1.29, 1.82) is 0 Å². The summed E-state index contributed by atoms with van der Waals surface area (Å²) in [5.41, 5.74) is 5.11. The molecule has 1 saturated heterocycles. The van der Waals surface area contributed by atoms with Crippen LogP contribution in [0.2, 0.25) is 0 Å². The Morgan fingerprint density at radius 3 is 1.95 bits per heavy atom. The number of benzene rings is 2. The van der Waals surface area contributed by atoms with E-state index < -0.39 is 18.0 Å². The lowest BCUT2D eigenvalue weighted by atomic mass is 9.91. The second-order valence-electron chi connectivity index (χ2n) is 9.46. The highest BCUT2D eigenvalue weighted by atomic mass is 16.6. The fourth-order valence-electron chi connectivity index (χ4n) is 4.10. The number of hydrogen-bond acceptors (Lipinski definition) is 8. The predicted molar refractivity (Wildman–Crippen MR) is 147 cm³/mol. The molecule has 3 rings (SSSR count). The average Bonchev–Trinajstić information content (AvgIpc) is 2.84. The number of phenolic OH excluding ortho intramolecular Hbond substituents is 1. The summed E-state index contributed by atoms with van der Waals surface area (Å²) < 4.78 is 16.8. The standard InChI is InChI=1S/C26H32O6.2C2H4O2/c1-5-19-6-8-20(9-7-19)10-21-11-22(12-25(29)16(21)2)26-14-23(31-18(4)28)13-24(32-26)15-30-17(3)27;2*1-2(3)4/h6-9,11-12,23-24,26,29H,5,10,13-15H2,1-4H3;2*1H3,(H,3,4). The first-order valence-corrected chi connectivity index (χ1v) is 13.0. The maximum Gasteiger partial charge on any atom is 0.302 e. The lowest BCUT2D eigenvalue weighted by molar-refractivity contribution is -0.169. The molecular formula is C30H40O10. The van der Waals surface area contributed by atoms with Gasteiger partial charge in [0.25, 0.3) is 11.9 Å². The maximum absolute atomic E-state index is 11.5. The third-order valence-electron chi connectivity index (χ3n) is 5.87. The van der Waals surface area contributed by atoms with Crippen molar-refractivity contribution < 1.29 is 48.7 Å². The summed E-state index contributed by atoms with van der Waals surface area (Å²) in [6.45, 7) is 9.02. The van der Waals surface area contributed by atoms with Crippen LogP contribution in [0.5, 0.6) is 5.75 Å². The van der Waals surface area contributed by atoms with E-state index in [1.165, 1.54) is 19.4 Å². The number of phenols is 1. The number of carbonyl (C=O) groups is 4. The molecule has 3 unspecified atom stereocenters. The molecule has 2 aromatic carbocycles. The number of rotatable bonds is 7. The van der Waals surface area contributed by atoms with Gasteiger partial charge in [-0.2, -0.15) is 0 Å². The van der Waals surface area contributed by atoms with E-state index in [9.17, 15) is 14.7 Å². The van der Waals surface area contributed by atoms with Crippen molar-refractivity contribution in [1.82, 2.24) is 0 Å². The maximum atomic E-state index is 11.5. The molecule has 0 spiro atoms. The van der Waals surface area contributed by atoms with Gasteiger partial charge in [0.05, 0.1) is 12.2 Å². The number of esters is 2. The van der Waals surface area contributed by atoms with Crippen molar-refractivity contribution >= 4 is 23.9 Å². The van der Waals surface area contributed by atoms with Crippen LogP contribution in [0, 0.1) is 6.92 Å². The van der Waals surface area contributed by atoms with Crippen molar-refractivity contribution in [3.8, 4) is 5.75 Å². The molecule has 220 valence electrons. The SMILES string of the molecule is CC(=O)O.CC(=O)O.CCc1ccc(Cc2cc(C3CC(OC(C)=O)CC(COC(C)=O)O3)cc(O)c2C)cc1. The van der Waals surface area contributed by atoms with Gasteiger partial charge in [-0.15, -0.1) is 0 Å². The van der Waals surface area contributed by atoms with Gasteiger partial charge in [0.1, 0.15) is 18.5 Å². The van der Waals surface area contributed by atoms with Crippen LogP contribution < -0.4 is 0 Å². The monoisotopic (exact) mass is 560 g/mol. The highest BCUT2D eigenvalue weighted by molar-refractivity contribution is 5.66. The Labute approximate surface area is 234 Å². The van der Waals surface area contributed by atoms with Crippen molar-refractivity contribution in [3.05, 3.63) is 64.2 Å². The van der Waals surface area contributed by atoms with E-state index in [4.69, 9.17) is 34.0 Å². The van der Waals surface area contributed by atoms with E-state index in [0.717, 1.165) is 42.5 Å². The molecule has 0 saturated carbocycles. The molecule has 2 aromatic rings. The molecule has 40 heavy (non-hydrogen) atoms. The summed E-state index contributed by atoms with van der Waals surface area (Å²) in [7, 11) is 0. The summed E-state index contributed by atoms with van der Waals surface area (Å²) in [5, 5.41) is 25.4. The second kappa shape index (κ2) is 16.9. The zero-order valence-electron chi connectivity index (χ0n) is 23.9. The topological polar surface area (TPSA) is 157 Å². The normalized spacial score (nSPS) is 17.7. The number of aryl methyl sites for hydroxylation is 1. The summed E-state index contributed by atoms with van der Waals surface area (Å²) in [6.07, 6.45) is 1.49. The molecule has 1 heterocycles. The fraction of sp³-hybridized carbons (Fsp3) is 0.467. The Kier molecular flexibility index (Phi) is 14.4. The number of aromatic hydroxyl groups is 1. The first kappa shape index (κ1) is 34.1. The minimum atomic E-state index is -0.833. The first-order chi connectivity index (χ1) is 18.7. The average molecular weight is 561 g/mol. The summed E-state index contributed by atoms with van der Waals surface area (Å²) in [4.78, 5) is 40.8. The molecule has 1 aliphatic heterocycles. The zero-order chi connectivity index (χ0) is 30.4. The molecule has 0 amide bonds. The Bertz CT molecular complexity index is 1120.